The summed E-state index contributed by atoms with van der Waals surface area (Å²) in [6.07, 6.45) is 2.41. The van der Waals surface area contributed by atoms with Crippen molar-refractivity contribution in [1.82, 2.24) is 15.0 Å². The van der Waals surface area contributed by atoms with Crippen LogP contribution < -0.4 is 0 Å². The molecule has 70 valence electrons. The van der Waals surface area contributed by atoms with Crippen molar-refractivity contribution in [1.29, 1.82) is 0 Å². The highest BCUT2D eigenvalue weighted by Gasteiger charge is 2.12. The Morgan fingerprint density at radius 1 is 1.69 bits per heavy atom. The molecule has 0 saturated carbocycles. The number of aryl methyl sites for hydroxylation is 1. The minimum Gasteiger partial charge on any atom is -0.287 e. The molecule has 4 heteroatoms. The third-order valence-corrected chi connectivity index (χ3v) is 1.67. The van der Waals surface area contributed by atoms with Gasteiger partial charge in [-0.25, -0.2) is 4.68 Å². The molecule has 1 aromatic rings. The maximum atomic E-state index is 11.5. The van der Waals surface area contributed by atoms with Gasteiger partial charge in [-0.05, 0) is 18.9 Å². The first-order valence-corrected chi connectivity index (χ1v) is 4.25. The summed E-state index contributed by atoms with van der Waals surface area (Å²) in [6, 6.07) is 0. The molecular formula is C9H13N3O. The lowest BCUT2D eigenvalue weighted by Crippen LogP contribution is -2.10. The number of ketones is 1. The van der Waals surface area contributed by atoms with Crippen molar-refractivity contribution >= 4 is 5.78 Å². The molecule has 13 heavy (non-hydrogen) atoms. The fourth-order valence-corrected chi connectivity index (χ4v) is 1.03. The van der Waals surface area contributed by atoms with Crippen LogP contribution in [0.2, 0.25) is 0 Å². The van der Waals surface area contributed by atoms with Gasteiger partial charge >= 0.3 is 0 Å². The van der Waals surface area contributed by atoms with Crippen LogP contribution in [0.3, 0.4) is 0 Å². The van der Waals surface area contributed by atoms with Crippen LogP contribution in [0.4, 0.5) is 0 Å². The molecule has 0 amide bonds. The van der Waals surface area contributed by atoms with E-state index < -0.39 is 0 Å². The summed E-state index contributed by atoms with van der Waals surface area (Å²) in [5, 5.41) is 7.51. The second kappa shape index (κ2) is 3.98. The molecule has 0 spiro atoms. The Hall–Kier alpha value is -1.45. The van der Waals surface area contributed by atoms with E-state index in [0.29, 0.717) is 17.8 Å². The normalized spacial score (nSPS) is 10.0. The summed E-state index contributed by atoms with van der Waals surface area (Å²) in [5.41, 5.74) is 1.04. The molecule has 0 bridgehead atoms. The predicted octanol–water partition coefficient (Wildman–Crippen LogP) is 1.45. The lowest BCUT2D eigenvalue weighted by molar-refractivity contribution is 0.102. The summed E-state index contributed by atoms with van der Waals surface area (Å²) in [4.78, 5) is 11.5. The summed E-state index contributed by atoms with van der Waals surface area (Å²) in [6.45, 7) is 8.02. The first-order valence-electron chi connectivity index (χ1n) is 4.25. The summed E-state index contributed by atoms with van der Waals surface area (Å²) in [5.74, 6) is -0.0848. The molecule has 4 nitrogen and oxygen atoms in total. The topological polar surface area (TPSA) is 47.8 Å². The van der Waals surface area contributed by atoms with Crippen molar-refractivity contribution in [2.24, 2.45) is 0 Å². The summed E-state index contributed by atoms with van der Waals surface area (Å²) >= 11 is 0. The van der Waals surface area contributed by atoms with E-state index in [1.165, 1.54) is 6.20 Å². The van der Waals surface area contributed by atoms with Crippen molar-refractivity contribution < 1.29 is 4.79 Å². The van der Waals surface area contributed by atoms with Gasteiger partial charge in [-0.1, -0.05) is 18.7 Å². The third-order valence-electron chi connectivity index (χ3n) is 1.67. The standard InChI is InChI=1S/C9H13N3O/c1-4-5-12-8(6-10-11-12)9(13)7(2)3/h6H,2,4-5H2,1,3H3. The van der Waals surface area contributed by atoms with E-state index in [1.54, 1.807) is 11.6 Å². The first-order chi connectivity index (χ1) is 6.16. The fraction of sp³-hybridized carbons (Fsp3) is 0.444. The van der Waals surface area contributed by atoms with Crippen LogP contribution in [0.5, 0.6) is 0 Å². The van der Waals surface area contributed by atoms with Gasteiger partial charge in [-0.3, -0.25) is 4.79 Å². The summed E-state index contributed by atoms with van der Waals surface area (Å²) < 4.78 is 1.61. The molecule has 1 heterocycles. The number of nitrogens with zero attached hydrogens (tertiary/aromatic N) is 3. The Balaban J connectivity index is 2.93. The van der Waals surface area contributed by atoms with Crippen molar-refractivity contribution in [2.75, 3.05) is 0 Å². The van der Waals surface area contributed by atoms with E-state index in [1.807, 2.05) is 6.92 Å². The van der Waals surface area contributed by atoms with E-state index in [9.17, 15) is 4.79 Å². The molecule has 0 aliphatic rings. The molecule has 1 aromatic heterocycles. The van der Waals surface area contributed by atoms with Gasteiger partial charge < -0.3 is 0 Å². The van der Waals surface area contributed by atoms with E-state index in [2.05, 4.69) is 16.9 Å². The minimum absolute atomic E-state index is 0.0848. The lowest BCUT2D eigenvalue weighted by Gasteiger charge is -2.02. The van der Waals surface area contributed by atoms with Crippen LogP contribution in [0.15, 0.2) is 18.3 Å². The Kier molecular flexibility index (Phi) is 2.95. The molecule has 0 aliphatic heterocycles. The zero-order chi connectivity index (χ0) is 9.84. The van der Waals surface area contributed by atoms with Gasteiger partial charge in [0.1, 0.15) is 5.69 Å². The van der Waals surface area contributed by atoms with Crippen LogP contribution in [0.25, 0.3) is 0 Å². The third kappa shape index (κ3) is 2.02. The van der Waals surface area contributed by atoms with Gasteiger partial charge in [0.15, 0.2) is 0 Å². The molecule has 0 radical (unpaired) electrons. The molecule has 0 aliphatic carbocycles. The predicted molar refractivity (Wildman–Crippen MR) is 49.5 cm³/mol. The van der Waals surface area contributed by atoms with Gasteiger partial charge in [0.05, 0.1) is 6.20 Å². The maximum absolute atomic E-state index is 11.5. The number of aromatic nitrogens is 3. The Morgan fingerprint density at radius 3 is 2.92 bits per heavy atom. The fourth-order valence-electron chi connectivity index (χ4n) is 1.03. The Bertz CT molecular complexity index is 327. The van der Waals surface area contributed by atoms with Gasteiger partial charge in [0, 0.05) is 6.54 Å². The van der Waals surface area contributed by atoms with Crippen LogP contribution in [-0.4, -0.2) is 20.8 Å². The highest BCUT2D eigenvalue weighted by molar-refractivity contribution is 6.06. The molecule has 0 unspecified atom stereocenters. The Labute approximate surface area is 77.3 Å². The average molecular weight is 179 g/mol. The smallest absolute Gasteiger partial charge is 0.207 e. The SMILES string of the molecule is C=C(C)C(=O)c1cnnn1CCC. The number of hydrogen-bond donors (Lipinski definition) is 0. The number of carbonyl (C=O) groups excluding carboxylic acids is 1. The highest BCUT2D eigenvalue weighted by atomic mass is 16.1. The van der Waals surface area contributed by atoms with Crippen molar-refractivity contribution in [3.8, 4) is 0 Å². The van der Waals surface area contributed by atoms with E-state index >= 15 is 0 Å². The lowest BCUT2D eigenvalue weighted by atomic mass is 10.2. The molecule has 1 rings (SSSR count). The molecule has 0 fully saturated rings. The molecule has 0 N–H and O–H groups in total. The second-order valence-corrected chi connectivity index (χ2v) is 2.95. The van der Waals surface area contributed by atoms with Crippen LogP contribution in [-0.2, 0) is 6.54 Å². The van der Waals surface area contributed by atoms with E-state index in [-0.39, 0.29) is 5.78 Å². The quantitative estimate of drug-likeness (QED) is 0.519. The number of Topliss-reactive ketones (excluding diaryl/α,β-unsaturated/α-hetero) is 1. The average Bonchev–Trinajstić information content (AvgIpc) is 2.52. The van der Waals surface area contributed by atoms with Gasteiger partial charge in [0.2, 0.25) is 5.78 Å². The number of allylic oxidation sites excluding steroid dienone is 1. The van der Waals surface area contributed by atoms with Crippen molar-refractivity contribution in [3.63, 3.8) is 0 Å². The van der Waals surface area contributed by atoms with Crippen LogP contribution in [0.1, 0.15) is 30.8 Å². The number of hydrogen-bond acceptors (Lipinski definition) is 3. The summed E-state index contributed by atoms with van der Waals surface area (Å²) in [7, 11) is 0. The van der Waals surface area contributed by atoms with Crippen LogP contribution in [0, 0.1) is 0 Å². The second-order valence-electron chi connectivity index (χ2n) is 2.95. The number of rotatable bonds is 4. The first kappa shape index (κ1) is 9.64. The number of carbonyl (C=O) groups is 1. The monoisotopic (exact) mass is 179 g/mol. The largest absolute Gasteiger partial charge is 0.287 e. The van der Waals surface area contributed by atoms with Crippen LogP contribution >= 0.6 is 0 Å². The van der Waals surface area contributed by atoms with E-state index in [0.717, 1.165) is 6.42 Å². The zero-order valence-electron chi connectivity index (χ0n) is 7.95. The van der Waals surface area contributed by atoms with Gasteiger partial charge in [0.25, 0.3) is 0 Å². The van der Waals surface area contributed by atoms with Gasteiger partial charge in [-0.2, -0.15) is 0 Å². The maximum Gasteiger partial charge on any atom is 0.207 e. The molecule has 0 saturated heterocycles. The van der Waals surface area contributed by atoms with Crippen molar-refractivity contribution in [2.45, 2.75) is 26.8 Å². The zero-order valence-corrected chi connectivity index (χ0v) is 7.95. The highest BCUT2D eigenvalue weighted by Crippen LogP contribution is 2.04. The minimum atomic E-state index is -0.0848. The Morgan fingerprint density at radius 2 is 2.38 bits per heavy atom. The van der Waals surface area contributed by atoms with E-state index in [4.69, 9.17) is 0 Å². The van der Waals surface area contributed by atoms with Crippen molar-refractivity contribution in [3.05, 3.63) is 24.0 Å². The van der Waals surface area contributed by atoms with Gasteiger partial charge in [-0.15, -0.1) is 5.10 Å². The molecule has 0 aromatic carbocycles. The molecule has 0 atom stereocenters. The molecular weight excluding hydrogens is 166 g/mol.